The Morgan fingerprint density at radius 2 is 2.07 bits per heavy atom. The van der Waals surface area contributed by atoms with Crippen molar-refractivity contribution < 1.29 is 14.4 Å². The van der Waals surface area contributed by atoms with Crippen LogP contribution in [0.25, 0.3) is 0 Å². The van der Waals surface area contributed by atoms with Crippen LogP contribution in [0.2, 0.25) is 0 Å². The second-order valence-corrected chi connectivity index (χ2v) is 5.15. The van der Waals surface area contributed by atoms with E-state index in [9.17, 15) is 4.39 Å². The SMILES string of the molecule is CC(C)SCc1ccc(F)c(B(O)O)c1. The molecule has 0 aliphatic carbocycles. The van der Waals surface area contributed by atoms with E-state index in [4.69, 9.17) is 10.0 Å². The van der Waals surface area contributed by atoms with E-state index in [-0.39, 0.29) is 5.46 Å². The molecule has 0 saturated carbocycles. The van der Waals surface area contributed by atoms with Crippen LogP contribution in [0.15, 0.2) is 18.2 Å². The average Bonchev–Trinajstić information content (AvgIpc) is 2.16. The Labute approximate surface area is 93.7 Å². The maximum atomic E-state index is 13.1. The fourth-order valence-electron chi connectivity index (χ4n) is 1.14. The summed E-state index contributed by atoms with van der Waals surface area (Å²) in [5.41, 5.74) is 0.843. The molecule has 0 saturated heterocycles. The fraction of sp³-hybridized carbons (Fsp3) is 0.400. The van der Waals surface area contributed by atoms with E-state index < -0.39 is 12.9 Å². The van der Waals surface area contributed by atoms with Gasteiger partial charge < -0.3 is 10.0 Å². The molecule has 5 heteroatoms. The Balaban J connectivity index is 2.78. The van der Waals surface area contributed by atoms with Gasteiger partial charge in [0.2, 0.25) is 0 Å². The lowest BCUT2D eigenvalue weighted by Gasteiger charge is -2.07. The number of benzene rings is 1. The Bertz CT molecular complexity index is 331. The first kappa shape index (κ1) is 12.6. The van der Waals surface area contributed by atoms with Crippen molar-refractivity contribution in [1.82, 2.24) is 0 Å². The van der Waals surface area contributed by atoms with E-state index in [2.05, 4.69) is 13.8 Å². The van der Waals surface area contributed by atoms with Crippen molar-refractivity contribution >= 4 is 24.3 Å². The van der Waals surface area contributed by atoms with Crippen molar-refractivity contribution in [2.24, 2.45) is 0 Å². The van der Waals surface area contributed by atoms with Crippen LogP contribution in [0.5, 0.6) is 0 Å². The topological polar surface area (TPSA) is 40.5 Å². The van der Waals surface area contributed by atoms with Gasteiger partial charge >= 0.3 is 7.12 Å². The van der Waals surface area contributed by atoms with Gasteiger partial charge in [-0.1, -0.05) is 26.0 Å². The highest BCUT2D eigenvalue weighted by atomic mass is 32.2. The van der Waals surface area contributed by atoms with Gasteiger partial charge in [-0.15, -0.1) is 0 Å². The number of rotatable bonds is 4. The minimum atomic E-state index is -1.74. The van der Waals surface area contributed by atoms with Crippen molar-refractivity contribution in [1.29, 1.82) is 0 Å². The molecule has 0 fully saturated rings. The van der Waals surface area contributed by atoms with Gasteiger partial charge in [0.25, 0.3) is 0 Å². The molecule has 2 N–H and O–H groups in total. The summed E-state index contributed by atoms with van der Waals surface area (Å²) in [4.78, 5) is 0. The highest BCUT2D eigenvalue weighted by molar-refractivity contribution is 7.99. The zero-order valence-corrected chi connectivity index (χ0v) is 9.59. The van der Waals surface area contributed by atoms with Gasteiger partial charge in [0.1, 0.15) is 5.82 Å². The lowest BCUT2D eigenvalue weighted by molar-refractivity contribution is 0.423. The third-order valence-electron chi connectivity index (χ3n) is 1.92. The molecule has 1 aromatic rings. The second-order valence-electron chi connectivity index (χ2n) is 3.59. The Kier molecular flexibility index (Phi) is 4.63. The molecule has 0 radical (unpaired) electrons. The quantitative estimate of drug-likeness (QED) is 0.759. The molecule has 1 aromatic carbocycles. The van der Waals surface area contributed by atoms with Crippen molar-refractivity contribution in [2.75, 3.05) is 0 Å². The summed E-state index contributed by atoms with van der Waals surface area (Å²) in [5, 5.41) is 18.3. The van der Waals surface area contributed by atoms with Crippen LogP contribution in [0.1, 0.15) is 19.4 Å². The van der Waals surface area contributed by atoms with Crippen LogP contribution in [-0.4, -0.2) is 22.4 Å². The maximum absolute atomic E-state index is 13.1. The zero-order chi connectivity index (χ0) is 11.4. The van der Waals surface area contributed by atoms with E-state index in [1.165, 1.54) is 12.1 Å². The van der Waals surface area contributed by atoms with E-state index in [1.54, 1.807) is 17.8 Å². The molecule has 0 aliphatic rings. The summed E-state index contributed by atoms with van der Waals surface area (Å²) in [6.07, 6.45) is 0. The molecule has 0 aromatic heterocycles. The van der Waals surface area contributed by atoms with Crippen LogP contribution >= 0.6 is 11.8 Å². The minimum absolute atomic E-state index is 0.0585. The van der Waals surface area contributed by atoms with Crippen LogP contribution in [0.4, 0.5) is 4.39 Å². The normalized spacial score (nSPS) is 10.8. The Hall–Kier alpha value is -0.515. The lowest BCUT2D eigenvalue weighted by Crippen LogP contribution is -2.33. The first-order valence-corrected chi connectivity index (χ1v) is 5.81. The van der Waals surface area contributed by atoms with Gasteiger partial charge in [-0.2, -0.15) is 11.8 Å². The zero-order valence-electron chi connectivity index (χ0n) is 8.77. The molecule has 0 amide bonds. The molecule has 1 rings (SSSR count). The van der Waals surface area contributed by atoms with Gasteiger partial charge in [-0.05, 0) is 16.9 Å². The molecule has 2 nitrogen and oxygen atoms in total. The molecule has 0 spiro atoms. The molecule has 0 atom stereocenters. The van der Waals surface area contributed by atoms with Gasteiger partial charge in [-0.3, -0.25) is 0 Å². The lowest BCUT2D eigenvalue weighted by atomic mass is 9.79. The summed E-state index contributed by atoms with van der Waals surface area (Å²) in [7, 11) is -1.74. The largest absolute Gasteiger partial charge is 0.491 e. The first-order valence-electron chi connectivity index (χ1n) is 4.76. The molecular formula is C10H14BFO2S. The second kappa shape index (κ2) is 5.54. The molecule has 0 unspecified atom stereocenters. The first-order chi connectivity index (χ1) is 7.00. The molecule has 82 valence electrons. The number of hydrogen-bond donors (Lipinski definition) is 2. The standard InChI is InChI=1S/C10H14BFO2S/c1-7(2)15-6-8-3-4-10(12)9(5-8)11(13)14/h3-5,7,13-14H,6H2,1-2H3. The van der Waals surface area contributed by atoms with Crippen molar-refractivity contribution in [2.45, 2.75) is 24.9 Å². The van der Waals surface area contributed by atoms with Crippen LogP contribution < -0.4 is 5.46 Å². The summed E-state index contributed by atoms with van der Waals surface area (Å²) in [5.74, 6) is 0.167. The average molecular weight is 228 g/mol. The number of halogens is 1. The maximum Gasteiger partial charge on any atom is 0.491 e. The van der Waals surface area contributed by atoms with E-state index in [1.807, 2.05) is 0 Å². The summed E-state index contributed by atoms with van der Waals surface area (Å²) < 4.78 is 13.1. The van der Waals surface area contributed by atoms with E-state index >= 15 is 0 Å². The van der Waals surface area contributed by atoms with Gasteiger partial charge in [0, 0.05) is 11.2 Å². The van der Waals surface area contributed by atoms with Crippen molar-refractivity contribution in [3.8, 4) is 0 Å². The Morgan fingerprint density at radius 3 is 2.60 bits per heavy atom. The minimum Gasteiger partial charge on any atom is -0.423 e. The number of hydrogen-bond acceptors (Lipinski definition) is 3. The molecule has 0 heterocycles. The Morgan fingerprint density at radius 1 is 1.40 bits per heavy atom. The van der Waals surface area contributed by atoms with Crippen LogP contribution in [0, 0.1) is 5.82 Å². The number of thioether (sulfide) groups is 1. The third kappa shape index (κ3) is 3.85. The van der Waals surface area contributed by atoms with Crippen molar-refractivity contribution in [3.05, 3.63) is 29.6 Å². The summed E-state index contributed by atoms with van der Waals surface area (Å²) in [6.45, 7) is 4.16. The van der Waals surface area contributed by atoms with Gasteiger partial charge in [0.05, 0.1) is 0 Å². The summed E-state index contributed by atoms with van der Waals surface area (Å²) >= 11 is 1.72. The molecule has 15 heavy (non-hydrogen) atoms. The highest BCUT2D eigenvalue weighted by Gasteiger charge is 2.16. The predicted octanol–water partition coefficient (Wildman–Crippen LogP) is 1.15. The monoisotopic (exact) mass is 228 g/mol. The highest BCUT2D eigenvalue weighted by Crippen LogP contribution is 2.16. The van der Waals surface area contributed by atoms with E-state index in [0.29, 0.717) is 5.25 Å². The van der Waals surface area contributed by atoms with Crippen LogP contribution in [0.3, 0.4) is 0 Å². The smallest absolute Gasteiger partial charge is 0.423 e. The third-order valence-corrected chi connectivity index (χ3v) is 3.09. The van der Waals surface area contributed by atoms with Crippen LogP contribution in [-0.2, 0) is 5.75 Å². The summed E-state index contributed by atoms with van der Waals surface area (Å²) in [6, 6.07) is 4.43. The van der Waals surface area contributed by atoms with Gasteiger partial charge in [-0.25, -0.2) is 4.39 Å². The molecular weight excluding hydrogens is 214 g/mol. The van der Waals surface area contributed by atoms with Gasteiger partial charge in [0.15, 0.2) is 0 Å². The predicted molar refractivity (Wildman–Crippen MR) is 62.7 cm³/mol. The van der Waals surface area contributed by atoms with E-state index in [0.717, 1.165) is 11.3 Å². The van der Waals surface area contributed by atoms with Crippen molar-refractivity contribution in [3.63, 3.8) is 0 Å². The fourth-order valence-corrected chi connectivity index (χ4v) is 1.85. The molecule has 0 aliphatic heterocycles. The molecule has 0 bridgehead atoms.